The molecule has 3 rings (SSSR count). The number of nitro benzene ring substituents is 1. The van der Waals surface area contributed by atoms with Gasteiger partial charge in [0.05, 0.1) is 23.2 Å². The van der Waals surface area contributed by atoms with Crippen molar-refractivity contribution in [2.75, 3.05) is 7.11 Å². The number of esters is 1. The monoisotopic (exact) mass is 305 g/mol. The summed E-state index contributed by atoms with van der Waals surface area (Å²) in [6.07, 6.45) is 5.32. The molecule has 0 N–H and O–H groups in total. The molecule has 110 valence electrons. The van der Waals surface area contributed by atoms with Gasteiger partial charge in [0.25, 0.3) is 5.69 Å². The van der Waals surface area contributed by atoms with Gasteiger partial charge in [-0.25, -0.2) is 4.79 Å². The van der Waals surface area contributed by atoms with Crippen LogP contribution in [0.15, 0.2) is 24.3 Å². The van der Waals surface area contributed by atoms with Crippen LogP contribution in [0.5, 0.6) is 0 Å². The van der Waals surface area contributed by atoms with Crippen LogP contribution in [0, 0.1) is 10.1 Å². The first-order chi connectivity index (χ1) is 10.1. The van der Waals surface area contributed by atoms with E-state index < -0.39 is 10.9 Å². The molecule has 1 saturated heterocycles. The maximum atomic E-state index is 11.5. The van der Waals surface area contributed by atoms with Crippen LogP contribution in [0.1, 0.15) is 35.2 Å². The van der Waals surface area contributed by atoms with Crippen LogP contribution in [0.25, 0.3) is 5.57 Å². The lowest BCUT2D eigenvalue weighted by Gasteiger charge is -2.19. The molecule has 1 fully saturated rings. The molecule has 0 aliphatic carbocycles. The standard InChI is InChI=1S/C15H15NO4S/c1-20-15(17)9-2-5-13(14(8-9)16(18)19)10-6-11-3-4-12(7-10)21-11/h2,5-6,8,11-12H,3-4,7H2,1H3. The highest BCUT2D eigenvalue weighted by molar-refractivity contribution is 8.01. The van der Waals surface area contributed by atoms with Gasteiger partial charge in [0.1, 0.15) is 0 Å². The molecular weight excluding hydrogens is 290 g/mol. The summed E-state index contributed by atoms with van der Waals surface area (Å²) in [6, 6.07) is 4.58. The lowest BCUT2D eigenvalue weighted by Crippen LogP contribution is -2.08. The first-order valence-corrected chi connectivity index (χ1v) is 7.76. The molecule has 0 aromatic heterocycles. The van der Waals surface area contributed by atoms with Crippen LogP contribution >= 0.6 is 11.8 Å². The van der Waals surface area contributed by atoms with E-state index in [1.807, 2.05) is 11.8 Å². The summed E-state index contributed by atoms with van der Waals surface area (Å²) in [6.45, 7) is 0. The summed E-state index contributed by atoms with van der Waals surface area (Å²) >= 11 is 1.96. The number of thioether (sulfide) groups is 1. The van der Waals surface area contributed by atoms with Crippen molar-refractivity contribution in [2.24, 2.45) is 0 Å². The number of carbonyl (C=O) groups excluding carboxylic acids is 1. The fourth-order valence-electron chi connectivity index (χ4n) is 2.94. The number of benzene rings is 1. The quantitative estimate of drug-likeness (QED) is 0.486. The van der Waals surface area contributed by atoms with Gasteiger partial charge in [-0.2, -0.15) is 11.8 Å². The molecule has 2 heterocycles. The molecule has 5 nitrogen and oxygen atoms in total. The Bertz CT molecular complexity index is 641. The SMILES string of the molecule is COC(=O)c1ccc(C2=CC3CCC(C2)S3)c([N+](=O)[O-])c1. The molecule has 0 radical (unpaired) electrons. The fourth-order valence-corrected chi connectivity index (χ4v) is 4.50. The largest absolute Gasteiger partial charge is 0.465 e. The number of carbonyl (C=O) groups is 1. The predicted molar refractivity (Wildman–Crippen MR) is 81.4 cm³/mol. The molecule has 2 aliphatic heterocycles. The topological polar surface area (TPSA) is 69.4 Å². The number of allylic oxidation sites excluding steroid dienone is 1. The van der Waals surface area contributed by atoms with Crippen molar-refractivity contribution in [1.29, 1.82) is 0 Å². The number of nitrogens with zero attached hydrogens (tertiary/aromatic N) is 1. The van der Waals surface area contributed by atoms with Crippen molar-refractivity contribution < 1.29 is 14.5 Å². The number of hydrogen-bond acceptors (Lipinski definition) is 5. The molecule has 0 amide bonds. The minimum Gasteiger partial charge on any atom is -0.465 e. The highest BCUT2D eigenvalue weighted by Crippen LogP contribution is 2.46. The number of hydrogen-bond donors (Lipinski definition) is 0. The van der Waals surface area contributed by atoms with Gasteiger partial charge >= 0.3 is 5.97 Å². The van der Waals surface area contributed by atoms with E-state index in [4.69, 9.17) is 0 Å². The van der Waals surface area contributed by atoms with Crippen molar-refractivity contribution in [3.63, 3.8) is 0 Å². The number of nitro groups is 1. The minimum absolute atomic E-state index is 0.0181. The molecule has 2 unspecified atom stereocenters. The van der Waals surface area contributed by atoms with Crippen molar-refractivity contribution in [1.82, 2.24) is 0 Å². The second kappa shape index (κ2) is 5.52. The Morgan fingerprint density at radius 3 is 2.90 bits per heavy atom. The Balaban J connectivity index is 2.02. The van der Waals surface area contributed by atoms with Crippen LogP contribution in [-0.2, 0) is 4.74 Å². The summed E-state index contributed by atoms with van der Waals surface area (Å²) in [5.74, 6) is -0.558. The molecule has 2 atom stereocenters. The predicted octanol–water partition coefficient (Wildman–Crippen LogP) is 3.43. The third-order valence-electron chi connectivity index (χ3n) is 3.94. The van der Waals surface area contributed by atoms with Crippen molar-refractivity contribution >= 4 is 29.0 Å². The first-order valence-electron chi connectivity index (χ1n) is 6.81. The van der Waals surface area contributed by atoms with Crippen molar-refractivity contribution in [3.05, 3.63) is 45.5 Å². The zero-order valence-electron chi connectivity index (χ0n) is 11.6. The van der Waals surface area contributed by atoms with E-state index in [2.05, 4.69) is 10.8 Å². The van der Waals surface area contributed by atoms with E-state index in [9.17, 15) is 14.9 Å². The Labute approximate surface area is 126 Å². The Morgan fingerprint density at radius 2 is 2.24 bits per heavy atom. The van der Waals surface area contributed by atoms with Gasteiger partial charge in [0.15, 0.2) is 0 Å². The first kappa shape index (κ1) is 14.1. The number of rotatable bonds is 3. The van der Waals surface area contributed by atoms with E-state index in [0.717, 1.165) is 18.4 Å². The summed E-state index contributed by atoms with van der Waals surface area (Å²) in [5.41, 5.74) is 1.85. The summed E-state index contributed by atoms with van der Waals surface area (Å²) in [7, 11) is 1.26. The highest BCUT2D eigenvalue weighted by atomic mass is 32.2. The third-order valence-corrected chi connectivity index (χ3v) is 5.45. The molecule has 0 saturated carbocycles. The van der Waals surface area contributed by atoms with Gasteiger partial charge in [-0.3, -0.25) is 10.1 Å². The molecule has 1 aromatic carbocycles. The molecule has 6 heteroatoms. The fraction of sp³-hybridized carbons (Fsp3) is 0.400. The number of ether oxygens (including phenoxy) is 1. The van der Waals surface area contributed by atoms with E-state index >= 15 is 0 Å². The Kier molecular flexibility index (Phi) is 3.71. The van der Waals surface area contributed by atoms with Crippen LogP contribution < -0.4 is 0 Å². The van der Waals surface area contributed by atoms with Gasteiger partial charge < -0.3 is 4.74 Å². The average Bonchev–Trinajstić information content (AvgIpc) is 2.84. The lowest BCUT2D eigenvalue weighted by molar-refractivity contribution is -0.385. The third kappa shape index (κ3) is 2.68. The van der Waals surface area contributed by atoms with Gasteiger partial charge in [-0.15, -0.1) is 0 Å². The van der Waals surface area contributed by atoms with E-state index in [0.29, 0.717) is 16.1 Å². The second-order valence-electron chi connectivity index (χ2n) is 5.25. The molecule has 2 bridgehead atoms. The van der Waals surface area contributed by atoms with Crippen LogP contribution in [-0.4, -0.2) is 28.5 Å². The van der Waals surface area contributed by atoms with E-state index in [1.165, 1.54) is 19.6 Å². The average molecular weight is 305 g/mol. The number of fused-ring (bicyclic) bond motifs is 2. The molecule has 21 heavy (non-hydrogen) atoms. The summed E-state index contributed by atoms with van der Waals surface area (Å²) in [5, 5.41) is 12.4. The van der Waals surface area contributed by atoms with Crippen LogP contribution in [0.3, 0.4) is 0 Å². The Morgan fingerprint density at radius 1 is 1.43 bits per heavy atom. The lowest BCUT2D eigenvalue weighted by atomic mass is 9.97. The van der Waals surface area contributed by atoms with Crippen LogP contribution in [0.2, 0.25) is 0 Å². The van der Waals surface area contributed by atoms with E-state index in [1.54, 1.807) is 12.1 Å². The smallest absolute Gasteiger partial charge is 0.338 e. The van der Waals surface area contributed by atoms with Gasteiger partial charge in [0, 0.05) is 16.6 Å². The zero-order valence-corrected chi connectivity index (χ0v) is 12.4. The van der Waals surface area contributed by atoms with Crippen LogP contribution in [0.4, 0.5) is 5.69 Å². The normalized spacial score (nSPS) is 23.6. The maximum absolute atomic E-state index is 11.5. The second-order valence-corrected chi connectivity index (χ2v) is 6.79. The summed E-state index contributed by atoms with van der Waals surface area (Å²) < 4.78 is 4.62. The molecule has 2 aliphatic rings. The molecular formula is C15H15NO4S. The van der Waals surface area contributed by atoms with Crippen molar-refractivity contribution in [3.8, 4) is 0 Å². The van der Waals surface area contributed by atoms with E-state index in [-0.39, 0.29) is 11.3 Å². The Hall–Kier alpha value is -1.82. The zero-order chi connectivity index (χ0) is 15.0. The molecule has 1 aromatic rings. The minimum atomic E-state index is -0.558. The maximum Gasteiger partial charge on any atom is 0.338 e. The van der Waals surface area contributed by atoms with Crippen molar-refractivity contribution in [2.45, 2.75) is 29.8 Å². The highest BCUT2D eigenvalue weighted by Gasteiger charge is 2.32. The van der Waals surface area contributed by atoms with Gasteiger partial charge in [0.2, 0.25) is 0 Å². The molecule has 0 spiro atoms. The van der Waals surface area contributed by atoms with Gasteiger partial charge in [-0.05, 0) is 37.0 Å². The number of methoxy groups -OCH3 is 1. The van der Waals surface area contributed by atoms with Gasteiger partial charge in [-0.1, -0.05) is 6.08 Å². The summed E-state index contributed by atoms with van der Waals surface area (Å²) in [4.78, 5) is 22.4.